The van der Waals surface area contributed by atoms with Gasteiger partial charge in [-0.2, -0.15) is 5.10 Å². The zero-order chi connectivity index (χ0) is 27.6. The number of ether oxygens (including phenoxy) is 3. The van der Waals surface area contributed by atoms with Crippen molar-refractivity contribution in [3.63, 3.8) is 0 Å². The number of methoxy groups -OCH3 is 1. The molecule has 1 atom stereocenters. The quantitative estimate of drug-likeness (QED) is 0.321. The number of hydrogen-bond donors (Lipinski definition) is 1. The van der Waals surface area contributed by atoms with Gasteiger partial charge in [0.1, 0.15) is 48.9 Å². The van der Waals surface area contributed by atoms with E-state index in [9.17, 15) is 23.1 Å². The molecule has 200 valence electrons. The van der Waals surface area contributed by atoms with E-state index >= 15 is 0 Å². The van der Waals surface area contributed by atoms with Crippen molar-refractivity contribution in [3.8, 4) is 11.5 Å². The first-order chi connectivity index (χ1) is 18.8. The van der Waals surface area contributed by atoms with Crippen molar-refractivity contribution >= 4 is 17.1 Å². The topological polar surface area (TPSA) is 95.7 Å². The van der Waals surface area contributed by atoms with Gasteiger partial charge in [0.25, 0.3) is 0 Å². The van der Waals surface area contributed by atoms with Gasteiger partial charge in [-0.15, -0.1) is 0 Å². The van der Waals surface area contributed by atoms with E-state index in [-0.39, 0.29) is 30.2 Å². The molecule has 11 heteroatoms. The first-order valence-electron chi connectivity index (χ1n) is 11.7. The molecule has 0 bridgehead atoms. The molecule has 0 saturated heterocycles. The number of benzene rings is 3. The zero-order valence-electron chi connectivity index (χ0n) is 20.6. The van der Waals surface area contributed by atoms with Gasteiger partial charge in [0.15, 0.2) is 11.5 Å². The maximum absolute atomic E-state index is 14.7. The molecule has 4 aromatic rings. The van der Waals surface area contributed by atoms with Gasteiger partial charge in [0, 0.05) is 17.2 Å². The monoisotopic (exact) mass is 537 g/mol. The van der Waals surface area contributed by atoms with E-state index in [1.807, 2.05) is 0 Å². The van der Waals surface area contributed by atoms with Crippen LogP contribution in [0, 0.1) is 17.5 Å². The fourth-order valence-corrected chi connectivity index (χ4v) is 4.37. The summed E-state index contributed by atoms with van der Waals surface area (Å²) in [6, 6.07) is 13.3. The molecule has 1 aliphatic heterocycles. The molecule has 0 saturated carbocycles. The van der Waals surface area contributed by atoms with Crippen LogP contribution in [0.15, 0.2) is 73.3 Å². The van der Waals surface area contributed by atoms with Gasteiger partial charge in [0.2, 0.25) is 0 Å². The highest BCUT2D eigenvalue weighted by molar-refractivity contribution is 6.27. The van der Waals surface area contributed by atoms with E-state index in [4.69, 9.17) is 14.2 Å². The number of esters is 1. The number of hydrogen-bond acceptors (Lipinski definition) is 7. The maximum atomic E-state index is 14.7. The Morgan fingerprint density at radius 2 is 1.74 bits per heavy atom. The van der Waals surface area contributed by atoms with Crippen LogP contribution >= 0.6 is 0 Å². The van der Waals surface area contributed by atoms with Crippen LogP contribution in [0.3, 0.4) is 0 Å². The molecule has 0 amide bonds. The fourth-order valence-electron chi connectivity index (χ4n) is 4.37. The maximum Gasteiger partial charge on any atom is 0.339 e. The minimum absolute atomic E-state index is 0.0267. The average Bonchev–Trinajstić information content (AvgIpc) is 3.57. The first kappa shape index (κ1) is 26.0. The summed E-state index contributed by atoms with van der Waals surface area (Å²) in [5.41, 5.74) is -0.174. The van der Waals surface area contributed by atoms with Crippen molar-refractivity contribution < 1.29 is 37.3 Å². The summed E-state index contributed by atoms with van der Waals surface area (Å²) in [7, 11) is 1.40. The van der Waals surface area contributed by atoms with Gasteiger partial charge >= 0.3 is 5.97 Å². The van der Waals surface area contributed by atoms with Crippen LogP contribution in [0.4, 0.5) is 13.2 Å². The van der Waals surface area contributed by atoms with Gasteiger partial charge in [-0.1, -0.05) is 24.3 Å². The molecule has 1 aromatic heterocycles. The number of rotatable bonds is 9. The fraction of sp³-hybridized carbons (Fsp3) is 0.179. The minimum Gasteiger partial charge on any atom is -0.493 e. The highest BCUT2D eigenvalue weighted by Gasteiger charge is 2.35. The summed E-state index contributed by atoms with van der Waals surface area (Å²) in [5.74, 6) is -2.28. The largest absolute Gasteiger partial charge is 0.493 e. The van der Waals surface area contributed by atoms with Gasteiger partial charge in [-0.25, -0.2) is 27.6 Å². The summed E-state index contributed by atoms with van der Waals surface area (Å²) in [5, 5.41) is 15.4. The SMILES string of the molecule is COc1cc(C2=C(c3ccc(F)cc3)COC2=O)ccc1OCC(O)(Cn1cncn1)c1ccc(F)cc1F. The molecule has 1 N–H and O–H groups in total. The van der Waals surface area contributed by atoms with Crippen LogP contribution in [-0.2, 0) is 21.7 Å². The summed E-state index contributed by atoms with van der Waals surface area (Å²) < 4.78 is 59.6. The third-order valence-electron chi connectivity index (χ3n) is 6.29. The molecule has 3 aromatic carbocycles. The van der Waals surface area contributed by atoms with E-state index in [2.05, 4.69) is 10.1 Å². The predicted molar refractivity (Wildman–Crippen MR) is 133 cm³/mol. The Balaban J connectivity index is 1.46. The summed E-state index contributed by atoms with van der Waals surface area (Å²) in [4.78, 5) is 16.4. The minimum atomic E-state index is -1.97. The normalized spacial score (nSPS) is 14.7. The molecule has 39 heavy (non-hydrogen) atoms. The lowest BCUT2D eigenvalue weighted by molar-refractivity contribution is -0.133. The molecule has 0 fully saturated rings. The highest BCUT2D eigenvalue weighted by Crippen LogP contribution is 2.38. The van der Waals surface area contributed by atoms with Crippen molar-refractivity contribution in [2.45, 2.75) is 12.1 Å². The molecule has 0 radical (unpaired) electrons. The number of carbonyl (C=O) groups is 1. The molecule has 0 aliphatic carbocycles. The third kappa shape index (κ3) is 5.34. The van der Waals surface area contributed by atoms with Crippen LogP contribution < -0.4 is 9.47 Å². The van der Waals surface area contributed by atoms with Crippen LogP contribution in [-0.4, -0.2) is 46.2 Å². The lowest BCUT2D eigenvalue weighted by Crippen LogP contribution is -2.39. The Morgan fingerprint density at radius 1 is 1.00 bits per heavy atom. The Kier molecular flexibility index (Phi) is 7.07. The second-order valence-corrected chi connectivity index (χ2v) is 8.84. The second kappa shape index (κ2) is 10.6. The number of halogens is 3. The number of aliphatic hydroxyl groups is 1. The van der Waals surface area contributed by atoms with Crippen molar-refractivity contribution in [1.82, 2.24) is 14.8 Å². The van der Waals surface area contributed by atoms with Crippen LogP contribution in [0.1, 0.15) is 16.7 Å². The Hall–Kier alpha value is -4.64. The average molecular weight is 537 g/mol. The summed E-state index contributed by atoms with van der Waals surface area (Å²) >= 11 is 0. The van der Waals surface area contributed by atoms with Crippen LogP contribution in [0.2, 0.25) is 0 Å². The van der Waals surface area contributed by atoms with E-state index in [1.54, 1.807) is 24.3 Å². The summed E-state index contributed by atoms with van der Waals surface area (Å²) in [6.07, 6.45) is 2.60. The summed E-state index contributed by atoms with van der Waals surface area (Å²) in [6.45, 7) is -0.675. The molecule has 1 aliphatic rings. The van der Waals surface area contributed by atoms with Crippen LogP contribution in [0.25, 0.3) is 11.1 Å². The molecular formula is C28H22F3N3O5. The van der Waals surface area contributed by atoms with Crippen molar-refractivity contribution in [2.24, 2.45) is 0 Å². The van der Waals surface area contributed by atoms with E-state index in [1.165, 1.54) is 42.6 Å². The predicted octanol–water partition coefficient (Wildman–Crippen LogP) is 4.14. The Bertz CT molecular complexity index is 1540. The van der Waals surface area contributed by atoms with Crippen molar-refractivity contribution in [1.29, 1.82) is 0 Å². The molecule has 0 spiro atoms. The highest BCUT2D eigenvalue weighted by atomic mass is 19.1. The van der Waals surface area contributed by atoms with Crippen LogP contribution in [0.5, 0.6) is 11.5 Å². The number of aromatic nitrogens is 3. The standard InChI is InChI=1S/C28H22F3N3O5/c1-37-25-10-18(26-21(12-38-27(26)35)17-2-5-19(29)6-3-17)4-9-24(25)39-14-28(36,13-34-16-32-15-33-34)22-8-7-20(30)11-23(22)31/h2-11,15-16,36H,12-14H2,1H3. The molecule has 5 rings (SSSR count). The molecule has 8 nitrogen and oxygen atoms in total. The van der Waals surface area contributed by atoms with Gasteiger partial charge in [-0.05, 0) is 41.5 Å². The number of carbonyl (C=O) groups excluding carboxylic acids is 1. The lowest BCUT2D eigenvalue weighted by atomic mass is 9.93. The van der Waals surface area contributed by atoms with Gasteiger partial charge in [-0.3, -0.25) is 0 Å². The number of cyclic esters (lactones) is 1. The van der Waals surface area contributed by atoms with Crippen molar-refractivity contribution in [3.05, 3.63) is 107 Å². The molecule has 2 heterocycles. The molecular weight excluding hydrogens is 515 g/mol. The zero-order valence-corrected chi connectivity index (χ0v) is 20.6. The van der Waals surface area contributed by atoms with Gasteiger partial charge in [0.05, 0.1) is 19.2 Å². The van der Waals surface area contributed by atoms with Crippen molar-refractivity contribution in [2.75, 3.05) is 20.3 Å². The first-order valence-corrected chi connectivity index (χ1v) is 11.7. The lowest BCUT2D eigenvalue weighted by Gasteiger charge is -2.29. The number of nitrogens with zero attached hydrogens (tertiary/aromatic N) is 3. The Labute approximate surface area is 220 Å². The van der Waals surface area contributed by atoms with E-state index in [0.29, 0.717) is 28.3 Å². The van der Waals surface area contributed by atoms with E-state index in [0.717, 1.165) is 12.1 Å². The second-order valence-electron chi connectivity index (χ2n) is 8.84. The smallest absolute Gasteiger partial charge is 0.339 e. The molecule has 1 unspecified atom stereocenters. The Morgan fingerprint density at radius 3 is 2.44 bits per heavy atom. The van der Waals surface area contributed by atoms with E-state index < -0.39 is 35.6 Å². The third-order valence-corrected chi connectivity index (χ3v) is 6.29. The van der Waals surface area contributed by atoms with Gasteiger partial charge < -0.3 is 19.3 Å².